The van der Waals surface area contributed by atoms with Crippen molar-refractivity contribution in [1.82, 2.24) is 0 Å². The summed E-state index contributed by atoms with van der Waals surface area (Å²) in [4.78, 5) is 28.0. The first kappa shape index (κ1) is 19.7. The van der Waals surface area contributed by atoms with Gasteiger partial charge in [0.1, 0.15) is 0 Å². The lowest BCUT2D eigenvalue weighted by Crippen LogP contribution is -2.40. The fourth-order valence-electron chi connectivity index (χ4n) is 4.43. The quantitative estimate of drug-likeness (QED) is 0.769. The van der Waals surface area contributed by atoms with Crippen molar-refractivity contribution in [2.24, 2.45) is 0 Å². The molecule has 6 nitrogen and oxygen atoms in total. The first-order chi connectivity index (χ1) is 14.6. The number of carbonyl (C=O) groups excluding carboxylic acids is 2. The van der Waals surface area contributed by atoms with Crippen LogP contribution in [-0.4, -0.2) is 25.9 Å². The third-order valence-corrected chi connectivity index (χ3v) is 5.74. The number of hydrogen-bond donors (Lipinski definition) is 0. The summed E-state index contributed by atoms with van der Waals surface area (Å²) < 4.78 is 11.0. The average Bonchev–Trinajstić information content (AvgIpc) is 2.78. The van der Waals surface area contributed by atoms with Gasteiger partial charge in [0.15, 0.2) is 17.3 Å². The maximum Gasteiger partial charge on any atom is 0.232 e. The van der Waals surface area contributed by atoms with Crippen molar-refractivity contribution in [3.8, 4) is 17.6 Å². The Kier molecular flexibility index (Phi) is 5.28. The number of amides is 1. The Balaban J connectivity index is 1.87. The number of methoxy groups -OCH3 is 2. The number of para-hydroxylation sites is 1. The van der Waals surface area contributed by atoms with Crippen molar-refractivity contribution in [2.45, 2.75) is 31.6 Å². The van der Waals surface area contributed by atoms with E-state index in [1.54, 1.807) is 49.5 Å². The highest BCUT2D eigenvalue weighted by atomic mass is 16.5. The Morgan fingerprint density at radius 2 is 1.80 bits per heavy atom. The van der Waals surface area contributed by atoms with E-state index in [1.165, 1.54) is 0 Å². The zero-order valence-electron chi connectivity index (χ0n) is 17.0. The third kappa shape index (κ3) is 3.22. The van der Waals surface area contributed by atoms with E-state index in [2.05, 4.69) is 6.07 Å². The van der Waals surface area contributed by atoms with E-state index >= 15 is 0 Å². The second-order valence-electron chi connectivity index (χ2n) is 7.36. The van der Waals surface area contributed by atoms with Crippen LogP contribution in [0.1, 0.15) is 42.7 Å². The van der Waals surface area contributed by atoms with E-state index in [1.807, 2.05) is 12.1 Å². The molecule has 0 bridgehead atoms. The summed E-state index contributed by atoms with van der Waals surface area (Å²) in [5.74, 6) is 0.734. The topological polar surface area (TPSA) is 79.6 Å². The normalized spacial score (nSPS) is 18.7. The van der Waals surface area contributed by atoms with Crippen LogP contribution in [0.15, 0.2) is 53.7 Å². The molecule has 1 aliphatic heterocycles. The van der Waals surface area contributed by atoms with Crippen molar-refractivity contribution in [3.63, 3.8) is 0 Å². The van der Waals surface area contributed by atoms with Crippen LogP contribution in [-0.2, 0) is 9.59 Å². The number of allylic oxidation sites excluding steroid dienone is 2. The van der Waals surface area contributed by atoms with Gasteiger partial charge in [-0.25, -0.2) is 0 Å². The summed E-state index contributed by atoms with van der Waals surface area (Å²) >= 11 is 0. The zero-order chi connectivity index (χ0) is 21.3. The Hall–Kier alpha value is -3.59. The summed E-state index contributed by atoms with van der Waals surface area (Å²) in [6.45, 7) is 0. The Morgan fingerprint density at radius 3 is 2.47 bits per heavy atom. The SMILES string of the molecule is COc1cccc(C2CC(=O)N(c3ccc(C#N)cc3)C3=C2C(=O)CCC3)c1OC. The van der Waals surface area contributed by atoms with Gasteiger partial charge in [0.2, 0.25) is 5.91 Å². The van der Waals surface area contributed by atoms with Gasteiger partial charge in [0.05, 0.1) is 25.9 Å². The second-order valence-corrected chi connectivity index (χ2v) is 7.36. The van der Waals surface area contributed by atoms with Crippen molar-refractivity contribution in [2.75, 3.05) is 19.1 Å². The number of anilines is 1. The molecule has 1 heterocycles. The van der Waals surface area contributed by atoms with Crippen LogP contribution in [0.2, 0.25) is 0 Å². The molecule has 1 atom stereocenters. The molecule has 152 valence electrons. The van der Waals surface area contributed by atoms with E-state index < -0.39 is 0 Å². The van der Waals surface area contributed by atoms with Gasteiger partial charge in [0.25, 0.3) is 0 Å². The second kappa shape index (κ2) is 8.03. The molecule has 30 heavy (non-hydrogen) atoms. The predicted molar refractivity (Wildman–Crippen MR) is 111 cm³/mol. The van der Waals surface area contributed by atoms with E-state index in [-0.39, 0.29) is 24.0 Å². The van der Waals surface area contributed by atoms with Crippen LogP contribution < -0.4 is 14.4 Å². The van der Waals surface area contributed by atoms with Gasteiger partial charge in [-0.3, -0.25) is 14.5 Å². The van der Waals surface area contributed by atoms with Crippen LogP contribution in [0.5, 0.6) is 11.5 Å². The average molecular weight is 402 g/mol. The maximum atomic E-state index is 13.3. The van der Waals surface area contributed by atoms with Crippen molar-refractivity contribution >= 4 is 17.4 Å². The molecular weight excluding hydrogens is 380 g/mol. The molecular formula is C24H22N2O4. The molecule has 0 fully saturated rings. The highest BCUT2D eigenvalue weighted by Crippen LogP contribution is 2.47. The molecule has 1 amide bonds. The largest absolute Gasteiger partial charge is 0.493 e. The molecule has 6 heteroatoms. The number of rotatable bonds is 4. The fourth-order valence-corrected chi connectivity index (χ4v) is 4.43. The molecule has 1 aliphatic carbocycles. The van der Waals surface area contributed by atoms with Crippen LogP contribution in [0, 0.1) is 11.3 Å². The Labute approximate surface area is 175 Å². The molecule has 0 spiro atoms. The van der Waals surface area contributed by atoms with Crippen molar-refractivity contribution in [3.05, 3.63) is 64.9 Å². The van der Waals surface area contributed by atoms with Gasteiger partial charge in [-0.1, -0.05) is 12.1 Å². The first-order valence-corrected chi connectivity index (χ1v) is 9.89. The lowest BCUT2D eigenvalue weighted by Gasteiger charge is -2.38. The molecule has 2 aromatic carbocycles. The summed E-state index contributed by atoms with van der Waals surface area (Å²) in [6.07, 6.45) is 1.99. The predicted octanol–water partition coefficient (Wildman–Crippen LogP) is 4.10. The lowest BCUT2D eigenvalue weighted by atomic mass is 9.76. The molecule has 2 aromatic rings. The van der Waals surface area contributed by atoms with Crippen molar-refractivity contribution < 1.29 is 19.1 Å². The highest BCUT2D eigenvalue weighted by molar-refractivity contribution is 6.07. The summed E-state index contributed by atoms with van der Waals surface area (Å²) in [7, 11) is 3.13. The number of carbonyl (C=O) groups is 2. The smallest absolute Gasteiger partial charge is 0.232 e. The van der Waals surface area contributed by atoms with Crippen LogP contribution >= 0.6 is 0 Å². The Bertz CT molecular complexity index is 1080. The number of benzene rings is 2. The summed E-state index contributed by atoms with van der Waals surface area (Å²) in [6, 6.07) is 14.5. The van der Waals surface area contributed by atoms with Gasteiger partial charge >= 0.3 is 0 Å². The number of nitriles is 1. The lowest BCUT2D eigenvalue weighted by molar-refractivity contribution is -0.119. The van der Waals surface area contributed by atoms with Gasteiger partial charge in [-0.2, -0.15) is 5.26 Å². The van der Waals surface area contributed by atoms with E-state index in [0.717, 1.165) is 11.3 Å². The monoisotopic (exact) mass is 402 g/mol. The van der Waals surface area contributed by atoms with E-state index in [9.17, 15) is 9.59 Å². The van der Waals surface area contributed by atoms with Gasteiger partial charge in [-0.05, 0) is 43.2 Å². The molecule has 0 radical (unpaired) electrons. The molecule has 0 aromatic heterocycles. The molecule has 2 aliphatic rings. The molecule has 0 saturated heterocycles. The van der Waals surface area contributed by atoms with E-state index in [4.69, 9.17) is 14.7 Å². The number of ketones is 1. The number of hydrogen-bond acceptors (Lipinski definition) is 5. The molecule has 4 rings (SSSR count). The summed E-state index contributed by atoms with van der Waals surface area (Å²) in [5.41, 5.74) is 3.42. The van der Waals surface area contributed by atoms with Gasteiger partial charge < -0.3 is 9.47 Å². The van der Waals surface area contributed by atoms with Crippen LogP contribution in [0.4, 0.5) is 5.69 Å². The third-order valence-electron chi connectivity index (χ3n) is 5.74. The summed E-state index contributed by atoms with van der Waals surface area (Å²) in [5, 5.41) is 9.06. The van der Waals surface area contributed by atoms with Crippen LogP contribution in [0.3, 0.4) is 0 Å². The first-order valence-electron chi connectivity index (χ1n) is 9.89. The standard InChI is InChI=1S/C24H22N2O4/c1-29-21-8-3-5-17(24(21)30-2)18-13-22(28)26(16-11-9-15(14-25)10-12-16)19-6-4-7-20(27)23(18)19/h3,5,8-12,18H,4,6-7,13H2,1-2H3. The molecule has 0 saturated carbocycles. The zero-order valence-corrected chi connectivity index (χ0v) is 17.0. The number of Topliss-reactive ketones (excluding diaryl/α,β-unsaturated/α-hetero) is 1. The van der Waals surface area contributed by atoms with E-state index in [0.29, 0.717) is 47.6 Å². The number of nitrogens with zero attached hydrogens (tertiary/aromatic N) is 2. The minimum Gasteiger partial charge on any atom is -0.493 e. The fraction of sp³-hybridized carbons (Fsp3) is 0.292. The van der Waals surface area contributed by atoms with Gasteiger partial charge in [0, 0.05) is 41.3 Å². The minimum atomic E-state index is -0.375. The molecule has 0 N–H and O–H groups in total. The van der Waals surface area contributed by atoms with Gasteiger partial charge in [-0.15, -0.1) is 0 Å². The van der Waals surface area contributed by atoms with Crippen molar-refractivity contribution in [1.29, 1.82) is 5.26 Å². The van der Waals surface area contributed by atoms with Crippen LogP contribution in [0.25, 0.3) is 0 Å². The number of ether oxygens (including phenoxy) is 2. The molecule has 1 unspecified atom stereocenters. The minimum absolute atomic E-state index is 0.0669. The Morgan fingerprint density at radius 1 is 1.03 bits per heavy atom. The maximum absolute atomic E-state index is 13.3. The highest BCUT2D eigenvalue weighted by Gasteiger charge is 2.41.